The molecule has 0 aromatic heterocycles. The molecule has 100 valence electrons. The van der Waals surface area contributed by atoms with Gasteiger partial charge in [0.15, 0.2) is 0 Å². The topological polar surface area (TPSA) is 88.2 Å². The Morgan fingerprint density at radius 1 is 1.53 bits per heavy atom. The number of oxime groups is 1. The van der Waals surface area contributed by atoms with Crippen LogP contribution in [0.2, 0.25) is 0 Å². The second-order valence-corrected chi connectivity index (χ2v) is 4.07. The van der Waals surface area contributed by atoms with Crippen LogP contribution in [0.1, 0.15) is 33.6 Å². The van der Waals surface area contributed by atoms with Crippen molar-refractivity contribution in [3.05, 3.63) is 0 Å². The second kappa shape index (κ2) is 8.81. The first-order valence-corrected chi connectivity index (χ1v) is 5.86. The van der Waals surface area contributed by atoms with Crippen LogP contribution >= 0.6 is 0 Å². The van der Waals surface area contributed by atoms with Crippen LogP contribution in [0, 0.1) is 0 Å². The van der Waals surface area contributed by atoms with Gasteiger partial charge in [0.2, 0.25) is 5.91 Å². The van der Waals surface area contributed by atoms with Crippen molar-refractivity contribution in [2.45, 2.75) is 39.7 Å². The fourth-order valence-corrected chi connectivity index (χ4v) is 1.34. The summed E-state index contributed by atoms with van der Waals surface area (Å²) in [7, 11) is 0. The van der Waals surface area contributed by atoms with Crippen LogP contribution in [0.25, 0.3) is 0 Å². The minimum Gasteiger partial charge on any atom is -0.409 e. The zero-order chi connectivity index (χ0) is 13.3. The molecule has 6 nitrogen and oxygen atoms in total. The van der Waals surface area contributed by atoms with Crippen molar-refractivity contribution in [3.8, 4) is 0 Å². The lowest BCUT2D eigenvalue weighted by atomic mass is 10.2. The van der Waals surface area contributed by atoms with Crippen LogP contribution in [-0.4, -0.2) is 47.7 Å². The molecular weight excluding hydrogens is 222 g/mol. The molecule has 0 atom stereocenters. The highest BCUT2D eigenvalue weighted by Gasteiger charge is 2.16. The molecule has 0 rings (SSSR count). The Balaban J connectivity index is 4.17. The van der Waals surface area contributed by atoms with Crippen molar-refractivity contribution in [3.63, 3.8) is 0 Å². The van der Waals surface area contributed by atoms with E-state index in [-0.39, 0.29) is 24.4 Å². The summed E-state index contributed by atoms with van der Waals surface area (Å²) in [6.07, 6.45) is 1.24. The molecule has 0 aromatic rings. The third kappa shape index (κ3) is 6.78. The summed E-state index contributed by atoms with van der Waals surface area (Å²) >= 11 is 0. The highest BCUT2D eigenvalue weighted by molar-refractivity contribution is 5.81. The largest absolute Gasteiger partial charge is 0.409 e. The molecule has 0 heterocycles. The van der Waals surface area contributed by atoms with E-state index in [0.717, 1.165) is 6.42 Å². The van der Waals surface area contributed by atoms with Gasteiger partial charge in [0.05, 0.1) is 0 Å². The van der Waals surface area contributed by atoms with Crippen LogP contribution in [-0.2, 0) is 9.53 Å². The van der Waals surface area contributed by atoms with E-state index in [0.29, 0.717) is 19.6 Å². The third-order valence-electron chi connectivity index (χ3n) is 2.25. The Labute approximate surface area is 102 Å². The molecule has 0 saturated heterocycles. The summed E-state index contributed by atoms with van der Waals surface area (Å²) in [5, 5.41) is 11.3. The van der Waals surface area contributed by atoms with Crippen LogP contribution < -0.4 is 5.73 Å². The number of nitrogens with two attached hydrogens (primary N) is 1. The third-order valence-corrected chi connectivity index (χ3v) is 2.25. The Bertz CT molecular complexity index is 254. The highest BCUT2D eigenvalue weighted by atomic mass is 16.5. The molecule has 0 spiro atoms. The Morgan fingerprint density at radius 3 is 2.65 bits per heavy atom. The molecule has 0 radical (unpaired) electrons. The van der Waals surface area contributed by atoms with Crippen molar-refractivity contribution in [1.82, 2.24) is 4.90 Å². The lowest BCUT2D eigenvalue weighted by Crippen LogP contribution is -2.41. The molecule has 0 saturated carbocycles. The number of amides is 1. The van der Waals surface area contributed by atoms with Gasteiger partial charge < -0.3 is 20.6 Å². The van der Waals surface area contributed by atoms with Crippen molar-refractivity contribution in [1.29, 1.82) is 0 Å². The first-order valence-electron chi connectivity index (χ1n) is 5.86. The van der Waals surface area contributed by atoms with Crippen LogP contribution in [0.5, 0.6) is 0 Å². The SMILES string of the molecule is CCCOCC(=O)N(CCC(N)=NO)C(C)C. The van der Waals surface area contributed by atoms with Crippen LogP contribution in [0.4, 0.5) is 0 Å². The van der Waals surface area contributed by atoms with Gasteiger partial charge in [0.1, 0.15) is 12.4 Å². The van der Waals surface area contributed by atoms with Crippen molar-refractivity contribution >= 4 is 11.7 Å². The molecule has 0 fully saturated rings. The normalized spacial score (nSPS) is 11.9. The summed E-state index contributed by atoms with van der Waals surface area (Å²) in [6, 6.07) is 0.0687. The molecule has 0 bridgehead atoms. The Hall–Kier alpha value is -1.30. The van der Waals surface area contributed by atoms with E-state index >= 15 is 0 Å². The summed E-state index contributed by atoms with van der Waals surface area (Å²) in [6.45, 7) is 6.93. The van der Waals surface area contributed by atoms with Gasteiger partial charge in [-0.2, -0.15) is 0 Å². The predicted octanol–water partition coefficient (Wildman–Crippen LogP) is 0.787. The van der Waals surface area contributed by atoms with Crippen molar-refractivity contribution < 1.29 is 14.7 Å². The van der Waals surface area contributed by atoms with Gasteiger partial charge >= 0.3 is 0 Å². The van der Waals surface area contributed by atoms with Gasteiger partial charge in [-0.15, -0.1) is 0 Å². The number of nitrogens with zero attached hydrogens (tertiary/aromatic N) is 2. The first-order chi connectivity index (χ1) is 8.02. The maximum absolute atomic E-state index is 11.8. The summed E-state index contributed by atoms with van der Waals surface area (Å²) in [5.41, 5.74) is 5.37. The quantitative estimate of drug-likeness (QED) is 0.217. The van der Waals surface area contributed by atoms with Gasteiger partial charge in [-0.05, 0) is 20.3 Å². The molecule has 0 aliphatic carbocycles. The Morgan fingerprint density at radius 2 is 2.18 bits per heavy atom. The zero-order valence-electron chi connectivity index (χ0n) is 10.8. The minimum atomic E-state index is -0.0702. The molecular formula is C11H23N3O3. The zero-order valence-corrected chi connectivity index (χ0v) is 10.8. The van der Waals surface area contributed by atoms with Crippen LogP contribution in [0.3, 0.4) is 0 Å². The van der Waals surface area contributed by atoms with Crippen LogP contribution in [0.15, 0.2) is 5.16 Å². The molecule has 17 heavy (non-hydrogen) atoms. The molecule has 0 aromatic carbocycles. The molecule has 3 N–H and O–H groups in total. The van der Waals surface area contributed by atoms with E-state index in [1.807, 2.05) is 20.8 Å². The maximum Gasteiger partial charge on any atom is 0.248 e. The van der Waals surface area contributed by atoms with E-state index in [1.165, 1.54) is 0 Å². The van der Waals surface area contributed by atoms with Gasteiger partial charge in [0.25, 0.3) is 0 Å². The lowest BCUT2D eigenvalue weighted by molar-refractivity contribution is -0.137. The molecule has 0 aliphatic heterocycles. The van der Waals surface area contributed by atoms with Gasteiger partial charge in [-0.25, -0.2) is 0 Å². The number of carbonyl (C=O) groups is 1. The maximum atomic E-state index is 11.8. The fraction of sp³-hybridized carbons (Fsp3) is 0.818. The summed E-state index contributed by atoms with van der Waals surface area (Å²) in [4.78, 5) is 13.5. The van der Waals surface area contributed by atoms with E-state index in [4.69, 9.17) is 15.7 Å². The number of hydrogen-bond acceptors (Lipinski definition) is 4. The van der Waals surface area contributed by atoms with E-state index in [2.05, 4.69) is 5.16 Å². The van der Waals surface area contributed by atoms with E-state index in [1.54, 1.807) is 4.90 Å². The number of carbonyl (C=O) groups excluding carboxylic acids is 1. The molecule has 0 unspecified atom stereocenters. The molecule has 6 heteroatoms. The van der Waals surface area contributed by atoms with Gasteiger partial charge in [-0.3, -0.25) is 4.79 Å². The van der Waals surface area contributed by atoms with Gasteiger partial charge in [-0.1, -0.05) is 12.1 Å². The van der Waals surface area contributed by atoms with Crippen molar-refractivity contribution in [2.75, 3.05) is 19.8 Å². The number of ether oxygens (including phenoxy) is 1. The molecule has 1 amide bonds. The summed E-state index contributed by atoms with van der Waals surface area (Å²) in [5.74, 6) is 0.0529. The average Bonchev–Trinajstić information content (AvgIpc) is 2.28. The smallest absolute Gasteiger partial charge is 0.248 e. The molecule has 0 aliphatic rings. The first kappa shape index (κ1) is 15.7. The highest BCUT2D eigenvalue weighted by Crippen LogP contribution is 2.01. The lowest BCUT2D eigenvalue weighted by Gasteiger charge is -2.26. The monoisotopic (exact) mass is 245 g/mol. The van der Waals surface area contributed by atoms with Crippen molar-refractivity contribution in [2.24, 2.45) is 10.9 Å². The fourth-order valence-electron chi connectivity index (χ4n) is 1.34. The number of rotatable bonds is 8. The second-order valence-electron chi connectivity index (χ2n) is 4.07. The average molecular weight is 245 g/mol. The van der Waals surface area contributed by atoms with Gasteiger partial charge in [0, 0.05) is 25.6 Å². The summed E-state index contributed by atoms with van der Waals surface area (Å²) < 4.78 is 5.21. The van der Waals surface area contributed by atoms with E-state index < -0.39 is 0 Å². The standard InChI is InChI=1S/C11H23N3O3/c1-4-7-17-8-11(15)14(9(2)3)6-5-10(12)13-16/h9,16H,4-8H2,1-3H3,(H2,12,13). The number of hydrogen-bond donors (Lipinski definition) is 2. The predicted molar refractivity (Wildman–Crippen MR) is 66.0 cm³/mol. The number of amidine groups is 1. The Kier molecular flexibility index (Phi) is 8.13. The minimum absolute atomic E-state index is 0.0687. The van der Waals surface area contributed by atoms with E-state index in [9.17, 15) is 4.79 Å².